The highest BCUT2D eigenvalue weighted by Crippen LogP contribution is 2.31. The molecule has 0 aliphatic carbocycles. The largest absolute Gasteiger partial charge is 0.367 e. The van der Waals surface area contributed by atoms with E-state index in [1.807, 2.05) is 81.3 Å². The average Bonchev–Trinajstić information content (AvgIpc) is 2.94. The Labute approximate surface area is 236 Å². The molecule has 1 amide bonds. The predicted molar refractivity (Wildman–Crippen MR) is 162 cm³/mol. The lowest BCUT2D eigenvalue weighted by molar-refractivity contribution is -0.144. The standard InChI is InChI=1S/C34H36N4O2/c1-22-19-37(32(39)30-9-7-8-29(31(22)30)26-12-10-25(18-35)11-13-26)28-16-14-27(15-17-28)36-20-23(2)38(24(3)21-36)33(40)34(4,5)6/h7-17,19,23-24H,20-21H2,1-6H3. The van der Waals surface area contributed by atoms with Gasteiger partial charge in [-0.05, 0) is 85.3 Å². The zero-order valence-corrected chi connectivity index (χ0v) is 24.1. The Morgan fingerprint density at radius 1 is 0.900 bits per heavy atom. The molecular weight excluding hydrogens is 496 g/mol. The summed E-state index contributed by atoms with van der Waals surface area (Å²) in [5, 5.41) is 10.7. The average molecular weight is 533 g/mol. The highest BCUT2D eigenvalue weighted by atomic mass is 16.2. The summed E-state index contributed by atoms with van der Waals surface area (Å²) in [5.41, 5.74) is 4.98. The number of nitriles is 1. The normalized spacial score (nSPS) is 17.6. The van der Waals surface area contributed by atoms with E-state index < -0.39 is 5.41 Å². The summed E-state index contributed by atoms with van der Waals surface area (Å²) in [6.45, 7) is 13.7. The summed E-state index contributed by atoms with van der Waals surface area (Å²) in [6.07, 6.45) is 1.91. The van der Waals surface area contributed by atoms with Gasteiger partial charge >= 0.3 is 0 Å². The fourth-order valence-corrected chi connectivity index (χ4v) is 5.90. The van der Waals surface area contributed by atoms with Gasteiger partial charge in [0, 0.05) is 53.5 Å². The van der Waals surface area contributed by atoms with Gasteiger partial charge in [0.2, 0.25) is 5.91 Å². The highest BCUT2D eigenvalue weighted by Gasteiger charge is 2.37. The summed E-state index contributed by atoms with van der Waals surface area (Å²) in [5.74, 6) is 0.191. The van der Waals surface area contributed by atoms with Gasteiger partial charge in [-0.2, -0.15) is 5.26 Å². The molecule has 2 heterocycles. The second kappa shape index (κ2) is 10.3. The summed E-state index contributed by atoms with van der Waals surface area (Å²) in [6, 6.07) is 23.8. The fourth-order valence-electron chi connectivity index (χ4n) is 5.90. The van der Waals surface area contributed by atoms with Crippen molar-refractivity contribution in [2.45, 2.75) is 53.6 Å². The van der Waals surface area contributed by atoms with Gasteiger partial charge in [0.1, 0.15) is 0 Å². The number of amides is 1. The lowest BCUT2D eigenvalue weighted by atomic mass is 9.92. The molecule has 0 saturated carbocycles. The minimum Gasteiger partial charge on any atom is -0.367 e. The topological polar surface area (TPSA) is 69.3 Å². The van der Waals surface area contributed by atoms with Crippen LogP contribution >= 0.6 is 0 Å². The van der Waals surface area contributed by atoms with Gasteiger partial charge in [-0.3, -0.25) is 14.2 Å². The van der Waals surface area contributed by atoms with Crippen LogP contribution in [0.5, 0.6) is 0 Å². The second-order valence-electron chi connectivity index (χ2n) is 12.0. The monoisotopic (exact) mass is 532 g/mol. The van der Waals surface area contributed by atoms with Crippen molar-refractivity contribution < 1.29 is 4.79 Å². The zero-order valence-electron chi connectivity index (χ0n) is 24.1. The van der Waals surface area contributed by atoms with Crippen molar-refractivity contribution in [1.29, 1.82) is 5.26 Å². The first-order valence-corrected chi connectivity index (χ1v) is 13.8. The molecule has 5 rings (SSSR count). The van der Waals surface area contributed by atoms with Crippen molar-refractivity contribution in [3.05, 3.63) is 94.4 Å². The molecule has 0 bridgehead atoms. The number of nitrogens with zero attached hydrogens (tertiary/aromatic N) is 4. The molecule has 6 heteroatoms. The van der Waals surface area contributed by atoms with E-state index in [9.17, 15) is 9.59 Å². The number of aromatic nitrogens is 1. The van der Waals surface area contributed by atoms with Crippen LogP contribution in [0.4, 0.5) is 5.69 Å². The quantitative estimate of drug-likeness (QED) is 0.310. The highest BCUT2D eigenvalue weighted by molar-refractivity contribution is 5.98. The third-order valence-electron chi connectivity index (χ3n) is 7.84. The maximum atomic E-state index is 13.7. The molecule has 4 aromatic rings. The molecule has 2 atom stereocenters. The third kappa shape index (κ3) is 4.88. The van der Waals surface area contributed by atoms with E-state index in [-0.39, 0.29) is 23.6 Å². The number of rotatable bonds is 3. The molecule has 40 heavy (non-hydrogen) atoms. The fraction of sp³-hybridized carbons (Fsp3) is 0.324. The number of aryl methyl sites for hydroxylation is 1. The minimum absolute atomic E-state index is 0.0691. The molecule has 204 valence electrons. The first-order valence-electron chi connectivity index (χ1n) is 13.8. The summed E-state index contributed by atoms with van der Waals surface area (Å²) >= 11 is 0. The molecule has 2 unspecified atom stereocenters. The number of benzene rings is 3. The van der Waals surface area contributed by atoms with Gasteiger partial charge in [0.05, 0.1) is 11.6 Å². The van der Waals surface area contributed by atoms with E-state index in [1.54, 1.807) is 16.7 Å². The lowest BCUT2D eigenvalue weighted by Gasteiger charge is -2.47. The van der Waals surface area contributed by atoms with Gasteiger partial charge in [-0.1, -0.05) is 45.0 Å². The molecule has 3 aromatic carbocycles. The number of fused-ring (bicyclic) bond motifs is 1. The van der Waals surface area contributed by atoms with Gasteiger partial charge < -0.3 is 9.80 Å². The van der Waals surface area contributed by atoms with E-state index in [1.165, 1.54) is 0 Å². The molecular formula is C34H36N4O2. The van der Waals surface area contributed by atoms with Crippen molar-refractivity contribution >= 4 is 22.4 Å². The predicted octanol–water partition coefficient (Wildman–Crippen LogP) is 6.31. The SMILES string of the molecule is Cc1cn(-c2ccc(N3CC(C)N(C(=O)C(C)(C)C)C(C)C3)cc2)c(=O)c2cccc(-c3ccc(C#N)cc3)c12. The number of pyridine rings is 1. The molecule has 0 radical (unpaired) electrons. The first-order chi connectivity index (χ1) is 19.0. The van der Waals surface area contributed by atoms with Crippen molar-refractivity contribution in [2.75, 3.05) is 18.0 Å². The molecule has 1 aromatic heterocycles. The van der Waals surface area contributed by atoms with Crippen LogP contribution in [0.3, 0.4) is 0 Å². The Kier molecular flexibility index (Phi) is 7.01. The van der Waals surface area contributed by atoms with E-state index in [4.69, 9.17) is 5.26 Å². The van der Waals surface area contributed by atoms with Crippen LogP contribution in [-0.4, -0.2) is 40.5 Å². The zero-order chi connectivity index (χ0) is 28.8. The molecule has 1 saturated heterocycles. The number of carbonyl (C=O) groups excluding carboxylic acids is 1. The Hall–Kier alpha value is -4.37. The van der Waals surface area contributed by atoms with Crippen molar-refractivity contribution in [3.8, 4) is 22.9 Å². The van der Waals surface area contributed by atoms with Gasteiger partial charge in [-0.25, -0.2) is 0 Å². The smallest absolute Gasteiger partial charge is 0.262 e. The third-order valence-corrected chi connectivity index (χ3v) is 7.84. The maximum absolute atomic E-state index is 13.7. The van der Waals surface area contributed by atoms with Crippen LogP contribution in [0.1, 0.15) is 45.7 Å². The van der Waals surface area contributed by atoms with Crippen LogP contribution in [0.15, 0.2) is 77.7 Å². The Morgan fingerprint density at radius 3 is 2.08 bits per heavy atom. The molecule has 0 spiro atoms. The number of piperazine rings is 1. The van der Waals surface area contributed by atoms with Crippen molar-refractivity contribution in [2.24, 2.45) is 5.41 Å². The summed E-state index contributed by atoms with van der Waals surface area (Å²) < 4.78 is 1.72. The van der Waals surface area contributed by atoms with Crippen LogP contribution < -0.4 is 10.5 Å². The maximum Gasteiger partial charge on any atom is 0.262 e. The van der Waals surface area contributed by atoms with Gasteiger partial charge in [0.25, 0.3) is 5.56 Å². The van der Waals surface area contributed by atoms with E-state index >= 15 is 0 Å². The van der Waals surface area contributed by atoms with Crippen molar-refractivity contribution in [3.63, 3.8) is 0 Å². The Bertz CT molecular complexity index is 1660. The number of anilines is 1. The summed E-state index contributed by atoms with van der Waals surface area (Å²) in [7, 11) is 0. The van der Waals surface area contributed by atoms with Gasteiger partial charge in [0.15, 0.2) is 0 Å². The van der Waals surface area contributed by atoms with Crippen LogP contribution in [0.25, 0.3) is 27.6 Å². The molecule has 0 N–H and O–H groups in total. The minimum atomic E-state index is -0.402. The molecule has 1 aliphatic rings. The Morgan fingerprint density at radius 2 is 1.50 bits per heavy atom. The molecule has 6 nitrogen and oxygen atoms in total. The van der Waals surface area contributed by atoms with Crippen LogP contribution in [-0.2, 0) is 4.79 Å². The molecule has 1 fully saturated rings. The number of hydrogen-bond acceptors (Lipinski definition) is 4. The number of hydrogen-bond donors (Lipinski definition) is 0. The van der Waals surface area contributed by atoms with Gasteiger partial charge in [-0.15, -0.1) is 0 Å². The van der Waals surface area contributed by atoms with E-state index in [2.05, 4.69) is 36.9 Å². The summed E-state index contributed by atoms with van der Waals surface area (Å²) in [4.78, 5) is 31.1. The lowest BCUT2D eigenvalue weighted by Crippen LogP contribution is -2.60. The van der Waals surface area contributed by atoms with Crippen LogP contribution in [0, 0.1) is 23.7 Å². The van der Waals surface area contributed by atoms with E-state index in [0.717, 1.165) is 46.5 Å². The number of carbonyl (C=O) groups is 1. The van der Waals surface area contributed by atoms with Crippen molar-refractivity contribution in [1.82, 2.24) is 9.47 Å². The van der Waals surface area contributed by atoms with E-state index in [0.29, 0.717) is 10.9 Å². The first kappa shape index (κ1) is 27.2. The van der Waals surface area contributed by atoms with Crippen LogP contribution in [0.2, 0.25) is 0 Å². The Balaban J connectivity index is 1.45. The second-order valence-corrected chi connectivity index (χ2v) is 12.0. The molecule has 1 aliphatic heterocycles.